The van der Waals surface area contributed by atoms with Gasteiger partial charge in [-0.15, -0.1) is 0 Å². The van der Waals surface area contributed by atoms with Crippen LogP contribution in [0.4, 0.5) is 0 Å². The Bertz CT molecular complexity index is 747. The summed E-state index contributed by atoms with van der Waals surface area (Å²) in [7, 11) is 0. The molecule has 0 aliphatic carbocycles. The van der Waals surface area contributed by atoms with Gasteiger partial charge in [0.05, 0.1) is 11.0 Å². The van der Waals surface area contributed by atoms with Gasteiger partial charge in [0.25, 0.3) is 5.91 Å². The molecule has 1 heterocycles. The monoisotopic (exact) mass is 344 g/mol. The van der Waals surface area contributed by atoms with Crippen LogP contribution in [-0.2, 0) is 17.8 Å². The van der Waals surface area contributed by atoms with Crippen molar-refractivity contribution in [2.45, 2.75) is 46.7 Å². The predicted octanol–water partition coefficient (Wildman–Crippen LogP) is 2.75. The average Bonchev–Trinajstić information content (AvgIpc) is 2.88. The number of rotatable bonds is 8. The van der Waals surface area contributed by atoms with Crippen LogP contribution in [0.5, 0.6) is 0 Å². The highest BCUT2D eigenvalue weighted by Gasteiger charge is 2.12. The molecule has 0 aliphatic rings. The lowest BCUT2D eigenvalue weighted by molar-refractivity contribution is -0.124. The molecule has 0 spiro atoms. The fourth-order valence-corrected chi connectivity index (χ4v) is 2.75. The zero-order valence-electron chi connectivity index (χ0n) is 15.4. The molecule has 0 saturated heterocycles. The third kappa shape index (κ3) is 5.41. The zero-order valence-corrected chi connectivity index (χ0v) is 15.4. The quantitative estimate of drug-likeness (QED) is 0.391. The first kappa shape index (κ1) is 19.1. The molecule has 1 amide bonds. The number of nitrogens with zero attached hydrogens (tertiary/aromatic N) is 2. The van der Waals surface area contributed by atoms with E-state index >= 15 is 0 Å². The van der Waals surface area contributed by atoms with E-state index in [9.17, 15) is 4.79 Å². The van der Waals surface area contributed by atoms with E-state index in [0.717, 1.165) is 41.9 Å². The standard InChI is InChI=1S/C19H28N4O2/c1-13(2)11-18-21-16-12-15(6-8-19(24)22-25)5-7-17(16)23(18)10-9-20-14(3)4/h5-8,12-14,20,25H,9-11H2,1-4H3,(H,22,24)/b8-6+. The van der Waals surface area contributed by atoms with E-state index < -0.39 is 5.91 Å². The number of nitrogens with one attached hydrogen (secondary N) is 2. The van der Waals surface area contributed by atoms with Crippen molar-refractivity contribution in [2.75, 3.05) is 6.54 Å². The van der Waals surface area contributed by atoms with Crippen LogP contribution < -0.4 is 10.8 Å². The van der Waals surface area contributed by atoms with Crippen LogP contribution >= 0.6 is 0 Å². The summed E-state index contributed by atoms with van der Waals surface area (Å²) < 4.78 is 2.28. The number of imidazole rings is 1. The molecule has 1 aromatic carbocycles. The Hall–Kier alpha value is -2.18. The minimum absolute atomic E-state index is 0.456. The van der Waals surface area contributed by atoms with Crippen molar-refractivity contribution in [3.63, 3.8) is 0 Å². The van der Waals surface area contributed by atoms with Crippen molar-refractivity contribution in [3.05, 3.63) is 35.7 Å². The number of amides is 1. The molecule has 25 heavy (non-hydrogen) atoms. The Morgan fingerprint density at radius 3 is 2.72 bits per heavy atom. The largest absolute Gasteiger partial charge is 0.327 e. The summed E-state index contributed by atoms with van der Waals surface area (Å²) in [5, 5.41) is 12.0. The molecule has 0 saturated carbocycles. The first-order valence-electron chi connectivity index (χ1n) is 8.75. The normalized spacial score (nSPS) is 12.0. The maximum Gasteiger partial charge on any atom is 0.267 e. The number of aromatic nitrogens is 2. The molecule has 1 aromatic heterocycles. The Balaban J connectivity index is 2.32. The number of benzene rings is 1. The third-order valence-corrected chi connectivity index (χ3v) is 3.87. The van der Waals surface area contributed by atoms with Gasteiger partial charge in [-0.05, 0) is 29.7 Å². The van der Waals surface area contributed by atoms with Crippen molar-refractivity contribution >= 4 is 23.0 Å². The average molecular weight is 344 g/mol. The molecule has 2 rings (SSSR count). The fourth-order valence-electron chi connectivity index (χ4n) is 2.75. The molecule has 6 nitrogen and oxygen atoms in total. The number of carbonyl (C=O) groups excluding carboxylic acids is 1. The van der Waals surface area contributed by atoms with Gasteiger partial charge in [0.15, 0.2) is 0 Å². The molecule has 3 N–H and O–H groups in total. The Morgan fingerprint density at radius 1 is 1.32 bits per heavy atom. The van der Waals surface area contributed by atoms with Gasteiger partial charge < -0.3 is 9.88 Å². The number of hydroxylamine groups is 1. The SMILES string of the molecule is CC(C)Cc1nc2cc(/C=C/C(=O)NO)ccc2n1CCNC(C)C. The van der Waals surface area contributed by atoms with E-state index in [1.165, 1.54) is 6.08 Å². The lowest BCUT2D eigenvalue weighted by Crippen LogP contribution is -2.27. The fraction of sp³-hybridized carbons (Fsp3) is 0.474. The van der Waals surface area contributed by atoms with Crippen molar-refractivity contribution in [1.29, 1.82) is 0 Å². The van der Waals surface area contributed by atoms with Crippen molar-refractivity contribution in [2.24, 2.45) is 5.92 Å². The lowest BCUT2D eigenvalue weighted by Gasteiger charge is -2.13. The van der Waals surface area contributed by atoms with Gasteiger partial charge in [0.2, 0.25) is 0 Å². The second kappa shape index (κ2) is 8.78. The maximum absolute atomic E-state index is 11.1. The zero-order chi connectivity index (χ0) is 18.4. The summed E-state index contributed by atoms with van der Waals surface area (Å²) in [4.78, 5) is 15.9. The topological polar surface area (TPSA) is 79.2 Å². The Labute approximate surface area is 148 Å². The molecular formula is C19H28N4O2. The van der Waals surface area contributed by atoms with Gasteiger partial charge in [0, 0.05) is 31.6 Å². The van der Waals surface area contributed by atoms with E-state index in [2.05, 4.69) is 37.6 Å². The number of carbonyl (C=O) groups is 1. The molecule has 0 bridgehead atoms. The van der Waals surface area contributed by atoms with Crippen molar-refractivity contribution in [3.8, 4) is 0 Å². The molecule has 0 aliphatic heterocycles. The number of hydrogen-bond donors (Lipinski definition) is 3. The highest BCUT2D eigenvalue weighted by molar-refractivity contribution is 5.91. The second-order valence-electron chi connectivity index (χ2n) is 6.94. The van der Waals surface area contributed by atoms with Gasteiger partial charge in [-0.2, -0.15) is 0 Å². The van der Waals surface area contributed by atoms with Crippen LogP contribution in [0.15, 0.2) is 24.3 Å². The smallest absolute Gasteiger partial charge is 0.267 e. The lowest BCUT2D eigenvalue weighted by atomic mass is 10.1. The highest BCUT2D eigenvalue weighted by atomic mass is 16.5. The summed E-state index contributed by atoms with van der Waals surface area (Å²) in [5.41, 5.74) is 4.48. The summed E-state index contributed by atoms with van der Waals surface area (Å²) >= 11 is 0. The van der Waals surface area contributed by atoms with E-state index in [4.69, 9.17) is 10.2 Å². The van der Waals surface area contributed by atoms with E-state index in [1.807, 2.05) is 18.2 Å². The first-order chi connectivity index (χ1) is 11.9. The van der Waals surface area contributed by atoms with Crippen LogP contribution in [0.3, 0.4) is 0 Å². The van der Waals surface area contributed by atoms with Gasteiger partial charge in [-0.25, -0.2) is 10.5 Å². The van der Waals surface area contributed by atoms with Gasteiger partial charge in [-0.1, -0.05) is 33.8 Å². The molecule has 0 radical (unpaired) electrons. The Kier molecular flexibility index (Phi) is 6.73. The highest BCUT2D eigenvalue weighted by Crippen LogP contribution is 2.20. The number of hydrogen-bond acceptors (Lipinski definition) is 4. The maximum atomic E-state index is 11.1. The number of fused-ring (bicyclic) bond motifs is 1. The first-order valence-corrected chi connectivity index (χ1v) is 8.75. The van der Waals surface area contributed by atoms with Gasteiger partial charge >= 0.3 is 0 Å². The van der Waals surface area contributed by atoms with Crippen LogP contribution in [0.2, 0.25) is 0 Å². The summed E-state index contributed by atoms with van der Waals surface area (Å²) in [5.74, 6) is 1.07. The van der Waals surface area contributed by atoms with Crippen molar-refractivity contribution < 1.29 is 10.0 Å². The summed E-state index contributed by atoms with van der Waals surface area (Å²) in [6.45, 7) is 10.4. The van der Waals surface area contributed by atoms with E-state index in [-0.39, 0.29) is 0 Å². The molecule has 6 heteroatoms. The van der Waals surface area contributed by atoms with Gasteiger partial charge in [0.1, 0.15) is 5.82 Å². The predicted molar refractivity (Wildman–Crippen MR) is 100 cm³/mol. The van der Waals surface area contributed by atoms with Crippen LogP contribution in [0, 0.1) is 5.92 Å². The molecule has 0 unspecified atom stereocenters. The molecule has 0 fully saturated rings. The van der Waals surface area contributed by atoms with Crippen LogP contribution in [0.25, 0.3) is 17.1 Å². The van der Waals surface area contributed by atoms with E-state index in [0.29, 0.717) is 12.0 Å². The van der Waals surface area contributed by atoms with E-state index in [1.54, 1.807) is 11.6 Å². The third-order valence-electron chi connectivity index (χ3n) is 3.87. The molecular weight excluding hydrogens is 316 g/mol. The van der Waals surface area contributed by atoms with Crippen LogP contribution in [0.1, 0.15) is 39.1 Å². The van der Waals surface area contributed by atoms with Crippen molar-refractivity contribution in [1.82, 2.24) is 20.3 Å². The molecule has 136 valence electrons. The molecule has 0 atom stereocenters. The summed E-state index contributed by atoms with van der Waals surface area (Å²) in [6.07, 6.45) is 3.88. The summed E-state index contributed by atoms with van der Waals surface area (Å²) in [6, 6.07) is 6.42. The Morgan fingerprint density at radius 2 is 2.08 bits per heavy atom. The second-order valence-corrected chi connectivity index (χ2v) is 6.94. The van der Waals surface area contributed by atoms with Crippen LogP contribution in [-0.4, -0.2) is 33.3 Å². The minimum Gasteiger partial charge on any atom is -0.327 e. The molecule has 2 aromatic rings. The van der Waals surface area contributed by atoms with Gasteiger partial charge in [-0.3, -0.25) is 10.0 Å². The minimum atomic E-state index is -0.550.